The summed E-state index contributed by atoms with van der Waals surface area (Å²) in [6.07, 6.45) is 3.61. The molecule has 0 saturated carbocycles. The lowest BCUT2D eigenvalue weighted by atomic mass is 9.94. The first-order valence-electron chi connectivity index (χ1n) is 6.68. The molecule has 0 amide bonds. The van der Waals surface area contributed by atoms with E-state index in [-0.39, 0.29) is 5.84 Å². The number of hydrogen-bond acceptors (Lipinski definition) is 3. The summed E-state index contributed by atoms with van der Waals surface area (Å²) in [5.74, 6) is 0.770. The quantitative estimate of drug-likeness (QED) is 0.387. The van der Waals surface area contributed by atoms with Gasteiger partial charge in [-0.2, -0.15) is 0 Å². The number of rotatable bonds is 3. The fourth-order valence-corrected chi connectivity index (χ4v) is 2.96. The van der Waals surface area contributed by atoms with Gasteiger partial charge >= 0.3 is 0 Å². The molecule has 1 aromatic rings. The molecule has 4 nitrogen and oxygen atoms in total. The SMILES string of the molecule is CCC1CCCN(c2cccc(Cl)c2C(N)=NO)C1. The summed E-state index contributed by atoms with van der Waals surface area (Å²) in [6.45, 7) is 4.21. The van der Waals surface area contributed by atoms with E-state index >= 15 is 0 Å². The number of halogens is 1. The second-order valence-electron chi connectivity index (χ2n) is 4.98. The van der Waals surface area contributed by atoms with Crippen molar-refractivity contribution >= 4 is 23.1 Å². The van der Waals surface area contributed by atoms with Crippen LogP contribution in [0.2, 0.25) is 5.02 Å². The summed E-state index contributed by atoms with van der Waals surface area (Å²) in [5.41, 5.74) is 7.35. The molecular formula is C14H20ClN3O. The second kappa shape index (κ2) is 6.15. The van der Waals surface area contributed by atoms with Crippen LogP contribution in [0.4, 0.5) is 5.69 Å². The number of anilines is 1. The van der Waals surface area contributed by atoms with E-state index in [1.54, 1.807) is 6.07 Å². The largest absolute Gasteiger partial charge is 0.409 e. The molecule has 0 radical (unpaired) electrons. The maximum absolute atomic E-state index is 8.92. The fourth-order valence-electron chi connectivity index (χ4n) is 2.70. The van der Waals surface area contributed by atoms with Crippen LogP contribution in [0, 0.1) is 5.92 Å². The van der Waals surface area contributed by atoms with Gasteiger partial charge in [0.05, 0.1) is 10.6 Å². The van der Waals surface area contributed by atoms with Gasteiger partial charge in [-0.3, -0.25) is 0 Å². The molecule has 1 atom stereocenters. The molecule has 1 aliphatic heterocycles. The predicted octanol–water partition coefficient (Wildman–Crippen LogP) is 3.06. The van der Waals surface area contributed by atoms with Crippen LogP contribution in [0.5, 0.6) is 0 Å². The van der Waals surface area contributed by atoms with Gasteiger partial charge in [0.2, 0.25) is 0 Å². The Morgan fingerprint density at radius 2 is 2.37 bits per heavy atom. The molecular weight excluding hydrogens is 262 g/mol. The van der Waals surface area contributed by atoms with Crippen LogP contribution in [0.3, 0.4) is 0 Å². The van der Waals surface area contributed by atoms with Crippen LogP contribution >= 0.6 is 11.6 Å². The minimum absolute atomic E-state index is 0.0687. The molecule has 19 heavy (non-hydrogen) atoms. The highest BCUT2D eigenvalue weighted by Gasteiger charge is 2.22. The van der Waals surface area contributed by atoms with Crippen molar-refractivity contribution in [3.8, 4) is 0 Å². The van der Waals surface area contributed by atoms with Crippen LogP contribution in [-0.4, -0.2) is 24.1 Å². The topological polar surface area (TPSA) is 61.8 Å². The number of benzene rings is 1. The lowest BCUT2D eigenvalue weighted by Gasteiger charge is -2.35. The third-order valence-corrected chi connectivity index (χ3v) is 4.11. The molecule has 1 saturated heterocycles. The zero-order valence-corrected chi connectivity index (χ0v) is 11.9. The Balaban J connectivity index is 2.36. The lowest BCUT2D eigenvalue weighted by molar-refractivity contribution is 0.318. The highest BCUT2D eigenvalue weighted by Crippen LogP contribution is 2.31. The summed E-state index contributed by atoms with van der Waals surface area (Å²) in [7, 11) is 0. The summed E-state index contributed by atoms with van der Waals surface area (Å²) in [5, 5.41) is 12.5. The molecule has 0 aliphatic carbocycles. The molecule has 0 spiro atoms. The fraction of sp³-hybridized carbons (Fsp3) is 0.500. The van der Waals surface area contributed by atoms with Crippen molar-refractivity contribution in [1.29, 1.82) is 0 Å². The smallest absolute Gasteiger partial charge is 0.173 e. The molecule has 1 aliphatic rings. The molecule has 1 fully saturated rings. The maximum Gasteiger partial charge on any atom is 0.173 e. The van der Waals surface area contributed by atoms with Crippen molar-refractivity contribution in [3.63, 3.8) is 0 Å². The van der Waals surface area contributed by atoms with E-state index in [0.29, 0.717) is 16.5 Å². The highest BCUT2D eigenvalue weighted by molar-refractivity contribution is 6.34. The number of oxime groups is 1. The normalized spacial score (nSPS) is 20.6. The number of piperidine rings is 1. The summed E-state index contributed by atoms with van der Waals surface area (Å²) in [6, 6.07) is 5.65. The summed E-state index contributed by atoms with van der Waals surface area (Å²) < 4.78 is 0. The van der Waals surface area contributed by atoms with Crippen molar-refractivity contribution in [1.82, 2.24) is 0 Å². The molecule has 1 heterocycles. The van der Waals surface area contributed by atoms with Crippen LogP contribution in [0.25, 0.3) is 0 Å². The molecule has 104 valence electrons. The summed E-state index contributed by atoms with van der Waals surface area (Å²) >= 11 is 6.19. The van der Waals surface area contributed by atoms with Crippen molar-refractivity contribution in [3.05, 3.63) is 28.8 Å². The van der Waals surface area contributed by atoms with Crippen LogP contribution in [0.1, 0.15) is 31.7 Å². The minimum atomic E-state index is 0.0687. The third kappa shape index (κ3) is 2.95. The van der Waals surface area contributed by atoms with Crippen LogP contribution < -0.4 is 10.6 Å². The molecule has 2 rings (SSSR count). The van der Waals surface area contributed by atoms with Gasteiger partial charge in [-0.05, 0) is 30.9 Å². The van der Waals surface area contributed by atoms with Gasteiger partial charge in [0, 0.05) is 18.8 Å². The average Bonchev–Trinajstić information content (AvgIpc) is 2.46. The standard InChI is InChI=1S/C14H20ClN3O/c1-2-10-5-4-8-18(9-10)12-7-3-6-11(15)13(12)14(16)17-19/h3,6-7,10,19H,2,4-5,8-9H2,1H3,(H2,16,17). The Labute approximate surface area is 118 Å². The molecule has 0 bridgehead atoms. The van der Waals surface area contributed by atoms with Gasteiger partial charge in [-0.15, -0.1) is 0 Å². The monoisotopic (exact) mass is 281 g/mol. The molecule has 5 heteroatoms. The van der Waals surface area contributed by atoms with E-state index in [2.05, 4.69) is 17.0 Å². The van der Waals surface area contributed by atoms with E-state index in [1.807, 2.05) is 12.1 Å². The molecule has 3 N–H and O–H groups in total. The number of hydrogen-bond donors (Lipinski definition) is 2. The van der Waals surface area contributed by atoms with Gasteiger partial charge < -0.3 is 15.8 Å². The highest BCUT2D eigenvalue weighted by atomic mass is 35.5. The van der Waals surface area contributed by atoms with Gasteiger partial charge in [0.15, 0.2) is 5.84 Å². The Morgan fingerprint density at radius 1 is 1.58 bits per heavy atom. The maximum atomic E-state index is 8.92. The number of amidine groups is 1. The van der Waals surface area contributed by atoms with Crippen molar-refractivity contribution < 1.29 is 5.21 Å². The van der Waals surface area contributed by atoms with Crippen molar-refractivity contribution in [2.75, 3.05) is 18.0 Å². The van der Waals surface area contributed by atoms with Crippen LogP contribution in [0.15, 0.2) is 23.4 Å². The van der Waals surface area contributed by atoms with Gasteiger partial charge in [0.1, 0.15) is 0 Å². The molecule has 1 unspecified atom stereocenters. The van der Waals surface area contributed by atoms with Gasteiger partial charge in [-0.25, -0.2) is 0 Å². The molecule has 1 aromatic carbocycles. The average molecular weight is 282 g/mol. The van der Waals surface area contributed by atoms with Crippen LogP contribution in [-0.2, 0) is 0 Å². The Bertz CT molecular complexity index is 476. The Morgan fingerprint density at radius 3 is 3.05 bits per heavy atom. The van der Waals surface area contributed by atoms with Gasteiger partial charge in [0.25, 0.3) is 0 Å². The third-order valence-electron chi connectivity index (χ3n) is 3.79. The zero-order valence-electron chi connectivity index (χ0n) is 11.1. The first kappa shape index (κ1) is 14.0. The zero-order chi connectivity index (χ0) is 13.8. The van der Waals surface area contributed by atoms with E-state index in [0.717, 1.165) is 18.8 Å². The van der Waals surface area contributed by atoms with Crippen molar-refractivity contribution in [2.24, 2.45) is 16.8 Å². The lowest BCUT2D eigenvalue weighted by Crippen LogP contribution is -2.36. The van der Waals surface area contributed by atoms with E-state index in [4.69, 9.17) is 22.5 Å². The number of nitrogens with zero attached hydrogens (tertiary/aromatic N) is 2. The van der Waals surface area contributed by atoms with Gasteiger partial charge in [-0.1, -0.05) is 36.2 Å². The minimum Gasteiger partial charge on any atom is -0.409 e. The number of nitrogens with two attached hydrogens (primary N) is 1. The Kier molecular flexibility index (Phi) is 4.53. The summed E-state index contributed by atoms with van der Waals surface area (Å²) in [4.78, 5) is 2.29. The van der Waals surface area contributed by atoms with E-state index in [9.17, 15) is 0 Å². The second-order valence-corrected chi connectivity index (χ2v) is 5.39. The first-order chi connectivity index (χ1) is 9.17. The van der Waals surface area contributed by atoms with E-state index in [1.165, 1.54) is 19.3 Å². The van der Waals surface area contributed by atoms with E-state index < -0.39 is 0 Å². The predicted molar refractivity (Wildman–Crippen MR) is 79.2 cm³/mol. The van der Waals surface area contributed by atoms with Crippen molar-refractivity contribution in [2.45, 2.75) is 26.2 Å². The first-order valence-corrected chi connectivity index (χ1v) is 7.06. The Hall–Kier alpha value is -1.42. The molecule has 0 aromatic heterocycles.